The minimum absolute atomic E-state index is 0.0139. The van der Waals surface area contributed by atoms with E-state index in [4.69, 9.17) is 14.7 Å². The third-order valence-electron chi connectivity index (χ3n) is 5.49. The summed E-state index contributed by atoms with van der Waals surface area (Å²) in [5.41, 5.74) is 2.91. The van der Waals surface area contributed by atoms with Gasteiger partial charge in [-0.25, -0.2) is 0 Å². The first-order chi connectivity index (χ1) is 15.2. The van der Waals surface area contributed by atoms with Gasteiger partial charge >= 0.3 is 0 Å². The van der Waals surface area contributed by atoms with Crippen molar-refractivity contribution in [3.63, 3.8) is 0 Å². The van der Waals surface area contributed by atoms with Gasteiger partial charge in [0.05, 0.1) is 25.3 Å². The SMILES string of the molecule is COc1ccc(C(NCCOCCC(C)C#N)(c2ccccc2)c2ccccc2)cc1. The second-order valence-corrected chi connectivity index (χ2v) is 7.57. The first kappa shape index (κ1) is 22.6. The normalized spacial score (nSPS) is 12.2. The molecule has 0 saturated heterocycles. The Morgan fingerprint density at radius 3 is 1.90 bits per heavy atom. The number of ether oxygens (including phenoxy) is 2. The average Bonchev–Trinajstić information content (AvgIpc) is 2.85. The standard InChI is InChI=1S/C27H30N2O2/c1-22(21-28)17-19-31-20-18-29-27(23-9-5-3-6-10-23,24-11-7-4-8-12-24)25-13-15-26(30-2)16-14-25/h3-16,22,29H,17-20H2,1-2H3. The third-order valence-corrected chi connectivity index (χ3v) is 5.49. The van der Waals surface area contributed by atoms with Crippen molar-refractivity contribution in [1.29, 1.82) is 5.26 Å². The third kappa shape index (κ3) is 5.52. The Balaban J connectivity index is 1.92. The maximum Gasteiger partial charge on any atom is 0.118 e. The lowest BCUT2D eigenvalue weighted by molar-refractivity contribution is 0.124. The zero-order valence-electron chi connectivity index (χ0n) is 18.3. The van der Waals surface area contributed by atoms with Crippen LogP contribution in [0.5, 0.6) is 5.75 Å². The van der Waals surface area contributed by atoms with Gasteiger partial charge in [-0.05, 0) is 42.2 Å². The van der Waals surface area contributed by atoms with Gasteiger partial charge in [0, 0.05) is 19.1 Å². The number of methoxy groups -OCH3 is 1. The second kappa shape index (κ2) is 11.3. The van der Waals surface area contributed by atoms with Crippen LogP contribution in [0.15, 0.2) is 84.9 Å². The quantitative estimate of drug-likeness (QED) is 0.349. The molecule has 1 N–H and O–H groups in total. The molecule has 31 heavy (non-hydrogen) atoms. The Morgan fingerprint density at radius 2 is 1.39 bits per heavy atom. The first-order valence-corrected chi connectivity index (χ1v) is 10.7. The topological polar surface area (TPSA) is 54.3 Å². The van der Waals surface area contributed by atoms with Gasteiger partial charge in [0.2, 0.25) is 0 Å². The van der Waals surface area contributed by atoms with Gasteiger partial charge in [-0.3, -0.25) is 5.32 Å². The van der Waals surface area contributed by atoms with Gasteiger partial charge in [-0.2, -0.15) is 5.26 Å². The van der Waals surface area contributed by atoms with E-state index in [1.807, 2.05) is 31.2 Å². The smallest absolute Gasteiger partial charge is 0.118 e. The Morgan fingerprint density at radius 1 is 0.839 bits per heavy atom. The lowest BCUT2D eigenvalue weighted by Crippen LogP contribution is -2.46. The van der Waals surface area contributed by atoms with Crippen LogP contribution in [0.1, 0.15) is 30.0 Å². The van der Waals surface area contributed by atoms with Crippen LogP contribution < -0.4 is 10.1 Å². The van der Waals surface area contributed by atoms with Gasteiger partial charge in [-0.15, -0.1) is 0 Å². The van der Waals surface area contributed by atoms with Crippen molar-refractivity contribution >= 4 is 0 Å². The molecule has 160 valence electrons. The molecule has 0 bridgehead atoms. The maximum atomic E-state index is 8.93. The number of benzene rings is 3. The molecule has 1 unspecified atom stereocenters. The van der Waals surface area contributed by atoms with Crippen molar-refractivity contribution in [2.75, 3.05) is 26.9 Å². The van der Waals surface area contributed by atoms with Gasteiger partial charge in [0.15, 0.2) is 0 Å². The van der Waals surface area contributed by atoms with Crippen LogP contribution in [0, 0.1) is 17.2 Å². The van der Waals surface area contributed by atoms with Gasteiger partial charge < -0.3 is 9.47 Å². The molecule has 3 rings (SSSR count). The summed E-state index contributed by atoms with van der Waals surface area (Å²) < 4.78 is 11.2. The van der Waals surface area contributed by atoms with E-state index in [1.165, 1.54) is 0 Å². The lowest BCUT2D eigenvalue weighted by atomic mass is 9.77. The average molecular weight is 415 g/mol. The van der Waals surface area contributed by atoms with Crippen LogP contribution in [0.4, 0.5) is 0 Å². The van der Waals surface area contributed by atoms with Crippen molar-refractivity contribution in [3.8, 4) is 11.8 Å². The Bertz CT molecular complexity index is 911. The predicted molar refractivity (Wildman–Crippen MR) is 124 cm³/mol. The van der Waals surface area contributed by atoms with E-state index in [0.29, 0.717) is 19.8 Å². The minimum atomic E-state index is -0.530. The van der Waals surface area contributed by atoms with Crippen LogP contribution in [-0.2, 0) is 10.3 Å². The van der Waals surface area contributed by atoms with Crippen LogP contribution in [-0.4, -0.2) is 26.9 Å². The van der Waals surface area contributed by atoms with E-state index in [-0.39, 0.29) is 5.92 Å². The maximum absolute atomic E-state index is 8.93. The monoisotopic (exact) mass is 414 g/mol. The molecule has 3 aromatic carbocycles. The lowest BCUT2D eigenvalue weighted by Gasteiger charge is -2.37. The zero-order valence-corrected chi connectivity index (χ0v) is 18.3. The van der Waals surface area contributed by atoms with Crippen LogP contribution in [0.3, 0.4) is 0 Å². The number of hydrogen-bond donors (Lipinski definition) is 1. The largest absolute Gasteiger partial charge is 0.497 e. The molecule has 4 heteroatoms. The molecule has 0 spiro atoms. The molecular weight excluding hydrogens is 384 g/mol. The Labute approximate surface area is 185 Å². The van der Waals surface area contributed by atoms with Crippen molar-refractivity contribution in [2.45, 2.75) is 18.9 Å². The van der Waals surface area contributed by atoms with E-state index in [0.717, 1.165) is 28.9 Å². The van der Waals surface area contributed by atoms with E-state index >= 15 is 0 Å². The highest BCUT2D eigenvalue weighted by molar-refractivity contribution is 5.50. The Hall–Kier alpha value is -3.13. The molecule has 0 radical (unpaired) electrons. The van der Waals surface area contributed by atoms with E-state index in [9.17, 15) is 0 Å². The van der Waals surface area contributed by atoms with Crippen molar-refractivity contribution in [3.05, 3.63) is 102 Å². The molecule has 0 heterocycles. The second-order valence-electron chi connectivity index (χ2n) is 7.57. The first-order valence-electron chi connectivity index (χ1n) is 10.7. The zero-order chi connectivity index (χ0) is 21.9. The number of rotatable bonds is 11. The van der Waals surface area contributed by atoms with Crippen molar-refractivity contribution in [1.82, 2.24) is 5.32 Å². The van der Waals surface area contributed by atoms with E-state index in [2.05, 4.69) is 72.0 Å². The molecule has 0 amide bonds. The molecular formula is C27H30N2O2. The van der Waals surface area contributed by atoms with Crippen LogP contribution in [0.25, 0.3) is 0 Å². The molecule has 0 aliphatic carbocycles. The molecule has 3 aromatic rings. The van der Waals surface area contributed by atoms with Gasteiger partial charge in [0.25, 0.3) is 0 Å². The molecule has 0 saturated carbocycles. The number of nitriles is 1. The summed E-state index contributed by atoms with van der Waals surface area (Å²) in [6.45, 7) is 3.73. The number of hydrogen-bond acceptors (Lipinski definition) is 4. The summed E-state index contributed by atoms with van der Waals surface area (Å²) in [5.74, 6) is 0.841. The molecule has 4 nitrogen and oxygen atoms in total. The number of nitrogens with zero attached hydrogens (tertiary/aromatic N) is 1. The van der Waals surface area contributed by atoms with E-state index < -0.39 is 5.54 Å². The number of nitrogens with one attached hydrogen (secondary N) is 1. The highest BCUT2D eigenvalue weighted by atomic mass is 16.5. The molecule has 1 atom stereocenters. The molecule has 0 aliphatic rings. The Kier molecular flexibility index (Phi) is 8.23. The van der Waals surface area contributed by atoms with Crippen molar-refractivity contribution in [2.24, 2.45) is 5.92 Å². The van der Waals surface area contributed by atoms with Gasteiger partial charge in [0.1, 0.15) is 5.75 Å². The summed E-state index contributed by atoms with van der Waals surface area (Å²) in [4.78, 5) is 0. The summed E-state index contributed by atoms with van der Waals surface area (Å²) in [6, 6.07) is 31.4. The highest BCUT2D eigenvalue weighted by Crippen LogP contribution is 2.37. The fourth-order valence-electron chi connectivity index (χ4n) is 3.76. The summed E-state index contributed by atoms with van der Waals surface area (Å²) >= 11 is 0. The predicted octanol–water partition coefficient (Wildman–Crippen LogP) is 5.14. The van der Waals surface area contributed by atoms with Crippen LogP contribution >= 0.6 is 0 Å². The van der Waals surface area contributed by atoms with Gasteiger partial charge in [-0.1, -0.05) is 72.8 Å². The van der Waals surface area contributed by atoms with Crippen molar-refractivity contribution < 1.29 is 9.47 Å². The fourth-order valence-corrected chi connectivity index (χ4v) is 3.76. The van der Waals surface area contributed by atoms with E-state index in [1.54, 1.807) is 7.11 Å². The van der Waals surface area contributed by atoms with Crippen LogP contribution in [0.2, 0.25) is 0 Å². The molecule has 0 aromatic heterocycles. The fraction of sp³-hybridized carbons (Fsp3) is 0.296. The minimum Gasteiger partial charge on any atom is -0.497 e. The summed E-state index contributed by atoms with van der Waals surface area (Å²) in [5, 5.41) is 12.7. The molecule has 0 fully saturated rings. The summed E-state index contributed by atoms with van der Waals surface area (Å²) in [7, 11) is 1.68. The summed E-state index contributed by atoms with van der Waals surface area (Å²) in [6.07, 6.45) is 0.748. The highest BCUT2D eigenvalue weighted by Gasteiger charge is 2.35. The molecule has 0 aliphatic heterocycles.